The van der Waals surface area contributed by atoms with Crippen molar-refractivity contribution in [3.8, 4) is 0 Å². The van der Waals surface area contributed by atoms with Crippen LogP contribution >= 0.6 is 0 Å². The van der Waals surface area contributed by atoms with E-state index in [1.54, 1.807) is 7.05 Å². The number of benzene rings is 1. The van der Waals surface area contributed by atoms with Gasteiger partial charge in [0.2, 0.25) is 11.8 Å². The van der Waals surface area contributed by atoms with Gasteiger partial charge < -0.3 is 10.2 Å². The zero-order chi connectivity index (χ0) is 16.2. The first-order valence-corrected chi connectivity index (χ1v) is 7.19. The lowest BCUT2D eigenvalue weighted by Crippen LogP contribution is -2.36. The second-order valence-corrected chi connectivity index (χ2v) is 6.85. The molecule has 0 aromatic heterocycles. The minimum Gasteiger partial charge on any atom is -0.336 e. The Balaban J connectivity index is 2.61. The summed E-state index contributed by atoms with van der Waals surface area (Å²) in [4.78, 5) is 25.5. The fourth-order valence-electron chi connectivity index (χ4n) is 1.95. The molecule has 0 aliphatic carbocycles. The number of rotatable bonds is 4. The Hall–Kier alpha value is -1.84. The summed E-state index contributed by atoms with van der Waals surface area (Å²) in [6.45, 7) is 10.0. The third-order valence-electron chi connectivity index (χ3n) is 3.16. The smallest absolute Gasteiger partial charge is 0.243 e. The Labute approximate surface area is 127 Å². The number of likely N-dealkylation sites (N-methyl/N-ethyl adjacent to an activating group) is 1. The number of carbonyl (C=O) groups is 2. The number of anilines is 1. The van der Waals surface area contributed by atoms with E-state index in [-0.39, 0.29) is 23.8 Å². The molecule has 0 radical (unpaired) electrons. The monoisotopic (exact) mass is 290 g/mol. The van der Waals surface area contributed by atoms with Crippen LogP contribution in [0.5, 0.6) is 0 Å². The van der Waals surface area contributed by atoms with E-state index in [4.69, 9.17) is 0 Å². The summed E-state index contributed by atoms with van der Waals surface area (Å²) in [5.74, 6) is -0.188. The SMILES string of the molecule is Cc1ccc(C)c(NC(=O)CN(C)C(=O)CC(C)(C)C)c1. The zero-order valence-corrected chi connectivity index (χ0v) is 13.9. The summed E-state index contributed by atoms with van der Waals surface area (Å²) >= 11 is 0. The maximum absolute atomic E-state index is 12.1. The maximum atomic E-state index is 12.1. The summed E-state index contributed by atoms with van der Waals surface area (Å²) in [6.07, 6.45) is 0.431. The molecule has 0 heterocycles. The fraction of sp³-hybridized carbons (Fsp3) is 0.529. The van der Waals surface area contributed by atoms with Gasteiger partial charge in [-0.05, 0) is 36.5 Å². The third-order valence-corrected chi connectivity index (χ3v) is 3.16. The van der Waals surface area contributed by atoms with Crippen molar-refractivity contribution in [2.24, 2.45) is 5.41 Å². The molecular weight excluding hydrogens is 264 g/mol. The predicted molar refractivity (Wildman–Crippen MR) is 86.3 cm³/mol. The number of hydrogen-bond donors (Lipinski definition) is 1. The fourth-order valence-corrected chi connectivity index (χ4v) is 1.95. The first-order valence-electron chi connectivity index (χ1n) is 7.19. The van der Waals surface area contributed by atoms with Crippen LogP contribution in [0.15, 0.2) is 18.2 Å². The lowest BCUT2D eigenvalue weighted by Gasteiger charge is -2.23. The van der Waals surface area contributed by atoms with Gasteiger partial charge in [0.25, 0.3) is 0 Å². The van der Waals surface area contributed by atoms with Crippen LogP contribution in [0.3, 0.4) is 0 Å². The van der Waals surface area contributed by atoms with Crippen LogP contribution in [0.2, 0.25) is 0 Å². The molecule has 21 heavy (non-hydrogen) atoms. The molecule has 116 valence electrons. The summed E-state index contributed by atoms with van der Waals surface area (Å²) in [6, 6.07) is 5.91. The molecule has 0 aliphatic heterocycles. The summed E-state index contributed by atoms with van der Waals surface area (Å²) in [5, 5.41) is 2.87. The molecule has 4 nitrogen and oxygen atoms in total. The average molecular weight is 290 g/mol. The third kappa shape index (κ3) is 5.98. The Kier molecular flexibility index (Phi) is 5.53. The second-order valence-electron chi connectivity index (χ2n) is 6.85. The number of nitrogens with zero attached hydrogens (tertiary/aromatic N) is 1. The van der Waals surface area contributed by atoms with Crippen LogP contribution < -0.4 is 5.32 Å². The summed E-state index contributed by atoms with van der Waals surface area (Å²) in [5.41, 5.74) is 2.83. The highest BCUT2D eigenvalue weighted by molar-refractivity contribution is 5.95. The average Bonchev–Trinajstić information content (AvgIpc) is 2.31. The highest BCUT2D eigenvalue weighted by Crippen LogP contribution is 2.19. The van der Waals surface area contributed by atoms with Crippen molar-refractivity contribution in [3.63, 3.8) is 0 Å². The number of nitrogens with one attached hydrogen (secondary N) is 1. The molecule has 0 bridgehead atoms. The van der Waals surface area contributed by atoms with Gasteiger partial charge in [0.05, 0.1) is 6.54 Å². The lowest BCUT2D eigenvalue weighted by molar-refractivity contribution is -0.134. The van der Waals surface area contributed by atoms with Crippen LogP contribution in [0.4, 0.5) is 5.69 Å². The topological polar surface area (TPSA) is 49.4 Å². The van der Waals surface area contributed by atoms with E-state index in [2.05, 4.69) is 5.32 Å². The Bertz CT molecular complexity index is 530. The van der Waals surface area contributed by atoms with Crippen molar-refractivity contribution in [3.05, 3.63) is 29.3 Å². The van der Waals surface area contributed by atoms with Gasteiger partial charge in [-0.15, -0.1) is 0 Å². The normalized spacial score (nSPS) is 11.1. The van der Waals surface area contributed by atoms with Gasteiger partial charge in [0, 0.05) is 19.2 Å². The van der Waals surface area contributed by atoms with Crippen molar-refractivity contribution in [1.82, 2.24) is 4.90 Å². The van der Waals surface area contributed by atoms with Gasteiger partial charge in [-0.25, -0.2) is 0 Å². The molecule has 0 fully saturated rings. The molecule has 1 rings (SSSR count). The van der Waals surface area contributed by atoms with Crippen molar-refractivity contribution >= 4 is 17.5 Å². The van der Waals surface area contributed by atoms with Gasteiger partial charge >= 0.3 is 0 Å². The molecule has 0 spiro atoms. The van der Waals surface area contributed by atoms with Crippen molar-refractivity contribution in [1.29, 1.82) is 0 Å². The standard InChI is InChI=1S/C17H26N2O2/c1-12-7-8-13(2)14(9-12)18-15(20)11-19(6)16(21)10-17(3,4)5/h7-9H,10-11H2,1-6H3,(H,18,20). The van der Waals surface area contributed by atoms with Gasteiger partial charge in [-0.1, -0.05) is 32.9 Å². The Morgan fingerprint density at radius 3 is 2.38 bits per heavy atom. The maximum Gasteiger partial charge on any atom is 0.243 e. The second kappa shape index (κ2) is 6.74. The molecule has 0 unspecified atom stereocenters. The van der Waals surface area contributed by atoms with Gasteiger partial charge in [0.15, 0.2) is 0 Å². The minimum atomic E-state index is -0.173. The van der Waals surface area contributed by atoms with Crippen LogP contribution in [0.25, 0.3) is 0 Å². The highest BCUT2D eigenvalue weighted by atomic mass is 16.2. The lowest BCUT2D eigenvalue weighted by atomic mass is 9.92. The van der Waals surface area contributed by atoms with E-state index < -0.39 is 0 Å². The van der Waals surface area contributed by atoms with E-state index in [9.17, 15) is 9.59 Å². The number of carbonyl (C=O) groups excluding carboxylic acids is 2. The summed E-state index contributed by atoms with van der Waals surface area (Å²) in [7, 11) is 1.66. The number of amides is 2. The van der Waals surface area contributed by atoms with Crippen molar-refractivity contribution in [2.75, 3.05) is 18.9 Å². The van der Waals surface area contributed by atoms with E-state index >= 15 is 0 Å². The van der Waals surface area contributed by atoms with Crippen LogP contribution in [-0.2, 0) is 9.59 Å². The highest BCUT2D eigenvalue weighted by Gasteiger charge is 2.20. The van der Waals surface area contributed by atoms with Crippen molar-refractivity contribution < 1.29 is 9.59 Å². The van der Waals surface area contributed by atoms with Crippen LogP contribution in [0.1, 0.15) is 38.3 Å². The molecule has 1 aromatic carbocycles. The van der Waals surface area contributed by atoms with Crippen molar-refractivity contribution in [2.45, 2.75) is 41.0 Å². The molecule has 0 atom stereocenters. The molecule has 0 aliphatic rings. The van der Waals surface area contributed by atoms with E-state index in [1.807, 2.05) is 52.8 Å². The molecule has 1 N–H and O–H groups in total. The van der Waals surface area contributed by atoms with Crippen LogP contribution in [0, 0.1) is 19.3 Å². The minimum absolute atomic E-state index is 0.0152. The quantitative estimate of drug-likeness (QED) is 0.926. The van der Waals surface area contributed by atoms with E-state index in [0.717, 1.165) is 16.8 Å². The Morgan fingerprint density at radius 2 is 1.81 bits per heavy atom. The molecule has 1 aromatic rings. The number of hydrogen-bond acceptors (Lipinski definition) is 2. The molecule has 2 amide bonds. The van der Waals surface area contributed by atoms with Gasteiger partial charge in [-0.3, -0.25) is 9.59 Å². The zero-order valence-electron chi connectivity index (χ0n) is 13.9. The first kappa shape index (κ1) is 17.2. The number of aryl methyl sites for hydroxylation is 2. The summed E-state index contributed by atoms with van der Waals surface area (Å²) < 4.78 is 0. The van der Waals surface area contributed by atoms with Gasteiger partial charge in [-0.2, -0.15) is 0 Å². The molecule has 0 saturated heterocycles. The van der Waals surface area contributed by atoms with E-state index in [1.165, 1.54) is 4.90 Å². The molecular formula is C17H26N2O2. The van der Waals surface area contributed by atoms with Crippen LogP contribution in [-0.4, -0.2) is 30.3 Å². The molecule has 0 saturated carbocycles. The largest absolute Gasteiger partial charge is 0.336 e. The predicted octanol–water partition coefficient (Wildman–Crippen LogP) is 3.14. The van der Waals surface area contributed by atoms with Gasteiger partial charge in [0.1, 0.15) is 0 Å². The first-order chi connectivity index (χ1) is 9.58. The van der Waals surface area contributed by atoms with E-state index in [0.29, 0.717) is 6.42 Å². The Morgan fingerprint density at radius 1 is 1.19 bits per heavy atom. The molecule has 4 heteroatoms.